The molecule has 1 fully saturated rings. The molecule has 0 bridgehead atoms. The number of aromatic nitrogens is 1. The standard InChI is InChI=1S/C26H37N3O6S.ClH/c1-3-17-34-22-7-5-21(6-8-22)25(26(30)28-31)29(19-20-13-15-27-16-14-20)36(32,33)24-11-9-23(10-12-24)35-18-4-2;/h9-16,21-22,25,31H,3-8,17-19H2,1-2H3,(H,28,30);1H/t21?,22?,25-;/m1./s1. The first-order chi connectivity index (χ1) is 17.4. The monoisotopic (exact) mass is 555 g/mol. The number of carbonyl (C=O) groups is 1. The minimum atomic E-state index is -4.11. The van der Waals surface area contributed by atoms with E-state index in [0.717, 1.165) is 25.7 Å². The fourth-order valence-electron chi connectivity index (χ4n) is 4.57. The van der Waals surface area contributed by atoms with Crippen LogP contribution >= 0.6 is 12.4 Å². The maximum Gasteiger partial charge on any atom is 0.262 e. The van der Waals surface area contributed by atoms with Gasteiger partial charge in [-0.2, -0.15) is 4.31 Å². The van der Waals surface area contributed by atoms with Crippen LogP contribution in [-0.2, 0) is 26.1 Å². The van der Waals surface area contributed by atoms with Gasteiger partial charge in [-0.25, -0.2) is 13.9 Å². The van der Waals surface area contributed by atoms with Gasteiger partial charge in [0.1, 0.15) is 11.8 Å². The summed E-state index contributed by atoms with van der Waals surface area (Å²) in [5.74, 6) is -0.442. The minimum Gasteiger partial charge on any atom is -0.494 e. The van der Waals surface area contributed by atoms with Crippen LogP contribution in [0.15, 0.2) is 53.7 Å². The molecule has 3 rings (SSSR count). The Morgan fingerprint density at radius 2 is 1.68 bits per heavy atom. The molecule has 1 atom stereocenters. The Morgan fingerprint density at radius 3 is 2.24 bits per heavy atom. The summed E-state index contributed by atoms with van der Waals surface area (Å²) in [5.41, 5.74) is 2.41. The molecule has 0 spiro atoms. The highest BCUT2D eigenvalue weighted by Crippen LogP contribution is 2.34. The maximum atomic E-state index is 14.0. The molecule has 1 amide bonds. The van der Waals surface area contributed by atoms with Gasteiger partial charge in [-0.1, -0.05) is 13.8 Å². The van der Waals surface area contributed by atoms with Crippen LogP contribution in [0.1, 0.15) is 57.9 Å². The summed E-state index contributed by atoms with van der Waals surface area (Å²) in [4.78, 5) is 17.1. The van der Waals surface area contributed by atoms with E-state index in [9.17, 15) is 18.4 Å². The summed E-state index contributed by atoms with van der Waals surface area (Å²) < 4.78 is 40.6. The van der Waals surface area contributed by atoms with Crippen molar-refractivity contribution in [3.8, 4) is 5.75 Å². The molecule has 1 aromatic carbocycles. The molecule has 9 nitrogen and oxygen atoms in total. The summed E-state index contributed by atoms with van der Waals surface area (Å²) in [6, 6.07) is 8.55. The molecular formula is C26H38ClN3O6S. The Morgan fingerprint density at radius 1 is 1.05 bits per heavy atom. The Hall–Kier alpha value is -2.24. The number of benzene rings is 1. The minimum absolute atomic E-state index is 0. The van der Waals surface area contributed by atoms with Gasteiger partial charge in [0.05, 0.1) is 17.6 Å². The summed E-state index contributed by atoms with van der Waals surface area (Å²) in [6.45, 7) is 5.21. The number of hydrogen-bond donors (Lipinski definition) is 2. The molecule has 1 saturated carbocycles. The van der Waals surface area contributed by atoms with Crippen LogP contribution in [0.4, 0.5) is 0 Å². The average Bonchev–Trinajstić information content (AvgIpc) is 2.91. The van der Waals surface area contributed by atoms with Gasteiger partial charge >= 0.3 is 0 Å². The van der Waals surface area contributed by atoms with Gasteiger partial charge in [-0.3, -0.25) is 15.0 Å². The number of hydroxylamine groups is 1. The highest BCUT2D eigenvalue weighted by Gasteiger charge is 2.42. The molecule has 2 aromatic rings. The maximum absolute atomic E-state index is 14.0. The van der Waals surface area contributed by atoms with Gasteiger partial charge < -0.3 is 9.47 Å². The third-order valence-electron chi connectivity index (χ3n) is 6.40. The zero-order valence-electron chi connectivity index (χ0n) is 21.4. The molecule has 1 heterocycles. The Balaban J connectivity index is 0.00000481. The second kappa shape index (κ2) is 15.2. The first kappa shape index (κ1) is 31.0. The summed E-state index contributed by atoms with van der Waals surface area (Å²) in [7, 11) is -4.11. The van der Waals surface area contributed by atoms with E-state index in [-0.39, 0.29) is 35.9 Å². The smallest absolute Gasteiger partial charge is 0.262 e. The van der Waals surface area contributed by atoms with E-state index < -0.39 is 22.0 Å². The highest BCUT2D eigenvalue weighted by atomic mass is 35.5. The molecule has 2 N–H and O–H groups in total. The van der Waals surface area contributed by atoms with Crippen molar-refractivity contribution in [2.24, 2.45) is 5.92 Å². The molecule has 37 heavy (non-hydrogen) atoms. The molecular weight excluding hydrogens is 518 g/mol. The van der Waals surface area contributed by atoms with Crippen molar-refractivity contribution in [1.82, 2.24) is 14.8 Å². The van der Waals surface area contributed by atoms with Gasteiger partial charge in [0.15, 0.2) is 0 Å². The van der Waals surface area contributed by atoms with Crippen LogP contribution < -0.4 is 10.2 Å². The summed E-state index contributed by atoms with van der Waals surface area (Å²) >= 11 is 0. The lowest BCUT2D eigenvalue weighted by atomic mass is 9.82. The molecule has 1 aliphatic rings. The number of amides is 1. The van der Waals surface area contributed by atoms with Gasteiger partial charge in [0, 0.05) is 25.5 Å². The van der Waals surface area contributed by atoms with Crippen molar-refractivity contribution in [1.29, 1.82) is 0 Å². The van der Waals surface area contributed by atoms with Crippen LogP contribution in [0.25, 0.3) is 0 Å². The number of carbonyl (C=O) groups excluding carboxylic acids is 1. The van der Waals surface area contributed by atoms with Gasteiger partial charge in [-0.15, -0.1) is 12.4 Å². The summed E-state index contributed by atoms with van der Waals surface area (Å²) in [5, 5.41) is 9.60. The lowest BCUT2D eigenvalue weighted by Crippen LogP contribution is -2.53. The normalized spacial score (nSPS) is 18.6. The van der Waals surface area contributed by atoms with Gasteiger partial charge in [0.25, 0.3) is 5.91 Å². The van der Waals surface area contributed by atoms with E-state index in [1.165, 1.54) is 16.4 Å². The lowest BCUT2D eigenvalue weighted by Gasteiger charge is -2.38. The third kappa shape index (κ3) is 8.38. The SMILES string of the molecule is CCCOc1ccc(S(=O)(=O)N(Cc2ccncc2)[C@@H](C(=O)NO)C2CCC(OCCC)CC2)cc1.Cl. The molecule has 1 aromatic heterocycles. The van der Waals surface area contributed by atoms with Crippen LogP contribution in [0.3, 0.4) is 0 Å². The number of sulfonamides is 1. The van der Waals surface area contributed by atoms with Crippen molar-refractivity contribution in [3.63, 3.8) is 0 Å². The van der Waals surface area contributed by atoms with Crippen molar-refractivity contribution in [2.75, 3.05) is 13.2 Å². The molecule has 0 unspecified atom stereocenters. The van der Waals surface area contributed by atoms with Crippen molar-refractivity contribution in [3.05, 3.63) is 54.4 Å². The lowest BCUT2D eigenvalue weighted by molar-refractivity contribution is -0.136. The molecule has 11 heteroatoms. The van der Waals surface area contributed by atoms with E-state index >= 15 is 0 Å². The Bertz CT molecular complexity index is 1050. The van der Waals surface area contributed by atoms with E-state index in [2.05, 4.69) is 11.9 Å². The largest absolute Gasteiger partial charge is 0.494 e. The van der Waals surface area contributed by atoms with E-state index in [1.807, 2.05) is 6.92 Å². The van der Waals surface area contributed by atoms with Crippen LogP contribution in [0, 0.1) is 5.92 Å². The van der Waals surface area contributed by atoms with Gasteiger partial charge in [-0.05, 0) is 86.4 Å². The first-order valence-electron chi connectivity index (χ1n) is 12.6. The molecule has 206 valence electrons. The van der Waals surface area contributed by atoms with Crippen molar-refractivity contribution in [2.45, 2.75) is 76.0 Å². The predicted molar refractivity (Wildman–Crippen MR) is 142 cm³/mol. The fraction of sp³-hybridized carbons (Fsp3) is 0.538. The molecule has 1 aliphatic carbocycles. The topological polar surface area (TPSA) is 118 Å². The van der Waals surface area contributed by atoms with Gasteiger partial charge in [0.2, 0.25) is 10.0 Å². The second-order valence-electron chi connectivity index (χ2n) is 9.05. The number of hydrogen-bond acceptors (Lipinski definition) is 7. The third-order valence-corrected chi connectivity index (χ3v) is 8.24. The second-order valence-corrected chi connectivity index (χ2v) is 10.9. The van der Waals surface area contributed by atoms with E-state index in [4.69, 9.17) is 9.47 Å². The van der Waals surface area contributed by atoms with Crippen LogP contribution in [0.5, 0.6) is 5.75 Å². The quantitative estimate of drug-likeness (QED) is 0.279. The number of nitrogens with zero attached hydrogens (tertiary/aromatic N) is 2. The van der Waals surface area contributed by atoms with Crippen molar-refractivity contribution >= 4 is 28.3 Å². The first-order valence-corrected chi connectivity index (χ1v) is 14.0. The van der Waals surface area contributed by atoms with E-state index in [1.54, 1.807) is 42.1 Å². The number of nitrogens with one attached hydrogen (secondary N) is 1. The number of pyridine rings is 1. The molecule has 0 radical (unpaired) electrons. The van der Waals surface area contributed by atoms with Crippen LogP contribution in [-0.4, -0.2) is 54.2 Å². The number of ether oxygens (including phenoxy) is 2. The zero-order chi connectivity index (χ0) is 26.0. The predicted octanol–water partition coefficient (Wildman–Crippen LogP) is 4.34. The number of halogens is 1. The molecule has 0 aliphatic heterocycles. The fourth-order valence-corrected chi connectivity index (χ4v) is 6.20. The van der Waals surface area contributed by atoms with Crippen molar-refractivity contribution < 1.29 is 27.9 Å². The van der Waals surface area contributed by atoms with E-state index in [0.29, 0.717) is 37.4 Å². The molecule has 0 saturated heterocycles. The average molecular weight is 556 g/mol. The summed E-state index contributed by atoms with van der Waals surface area (Å²) in [6.07, 6.45) is 7.70. The van der Waals surface area contributed by atoms with Crippen LogP contribution in [0.2, 0.25) is 0 Å². The highest BCUT2D eigenvalue weighted by molar-refractivity contribution is 7.89. The zero-order valence-corrected chi connectivity index (χ0v) is 23.0. The Labute approximate surface area is 226 Å². The number of rotatable bonds is 13. The Kier molecular flexibility index (Phi) is 12.8.